The van der Waals surface area contributed by atoms with Crippen molar-refractivity contribution in [3.05, 3.63) is 84.2 Å². The van der Waals surface area contributed by atoms with Gasteiger partial charge in [-0.3, -0.25) is 9.97 Å². The molecule has 7 nitrogen and oxygen atoms in total. The molecule has 3 heterocycles. The number of hydrogen-bond acceptors (Lipinski definition) is 6. The number of hydrogen-bond donors (Lipinski definition) is 2. The zero-order valence-corrected chi connectivity index (χ0v) is 17.1. The molecule has 0 aliphatic rings. The van der Waals surface area contributed by atoms with E-state index in [4.69, 9.17) is 0 Å². The molecular formula is C24H21N7. The highest BCUT2D eigenvalue weighted by molar-refractivity contribution is 5.87. The Hall–Kier alpha value is -4.13. The summed E-state index contributed by atoms with van der Waals surface area (Å²) in [5.41, 5.74) is 8.22. The van der Waals surface area contributed by atoms with E-state index in [0.717, 1.165) is 45.5 Å². The van der Waals surface area contributed by atoms with Crippen molar-refractivity contribution in [2.24, 2.45) is 0 Å². The zero-order valence-electron chi connectivity index (χ0n) is 17.1. The molecule has 0 aliphatic carbocycles. The number of aromatic amines is 1. The Morgan fingerprint density at radius 1 is 0.935 bits per heavy atom. The molecule has 0 bridgehead atoms. The fourth-order valence-electron chi connectivity index (χ4n) is 3.65. The first-order chi connectivity index (χ1) is 15.3. The third kappa shape index (κ3) is 3.85. The second-order valence-electron chi connectivity index (χ2n) is 7.23. The first kappa shape index (κ1) is 18.9. The molecule has 0 aliphatic heterocycles. The molecule has 0 saturated carbocycles. The minimum Gasteiger partial charge on any atom is -0.379 e. The molecule has 0 unspecified atom stereocenters. The van der Waals surface area contributed by atoms with E-state index in [9.17, 15) is 0 Å². The van der Waals surface area contributed by atoms with Gasteiger partial charge in [0.2, 0.25) is 0 Å². The normalized spacial score (nSPS) is 11.0. The molecule has 0 atom stereocenters. The van der Waals surface area contributed by atoms with Gasteiger partial charge in [-0.15, -0.1) is 5.10 Å². The van der Waals surface area contributed by atoms with Crippen LogP contribution in [0.3, 0.4) is 0 Å². The minimum atomic E-state index is 0.658. The molecule has 0 amide bonds. The summed E-state index contributed by atoms with van der Waals surface area (Å²) in [6.45, 7) is 2.81. The summed E-state index contributed by atoms with van der Waals surface area (Å²) in [6, 6.07) is 22.6. The smallest absolute Gasteiger partial charge is 0.180 e. The summed E-state index contributed by atoms with van der Waals surface area (Å²) in [5, 5.41) is 17.8. The third-order valence-corrected chi connectivity index (χ3v) is 5.25. The molecule has 5 aromatic rings. The molecule has 2 N–H and O–H groups in total. The molecule has 31 heavy (non-hydrogen) atoms. The molecule has 3 aromatic heterocycles. The number of H-pyrrole nitrogens is 1. The largest absolute Gasteiger partial charge is 0.379 e. The first-order valence-corrected chi connectivity index (χ1v) is 10.2. The number of tetrazole rings is 1. The SMILES string of the molecule is CCc1cc(NCc2ccc(-c3ccccc3-c3nnn[nH]3)cc2)c2ncccc2n1. The Morgan fingerprint density at radius 2 is 1.77 bits per heavy atom. The second-order valence-corrected chi connectivity index (χ2v) is 7.23. The maximum Gasteiger partial charge on any atom is 0.180 e. The highest BCUT2D eigenvalue weighted by Gasteiger charge is 2.10. The number of pyridine rings is 2. The van der Waals surface area contributed by atoms with Crippen molar-refractivity contribution in [3.63, 3.8) is 0 Å². The Labute approximate surface area is 179 Å². The summed E-state index contributed by atoms with van der Waals surface area (Å²) >= 11 is 0. The van der Waals surface area contributed by atoms with Crippen molar-refractivity contribution in [3.8, 4) is 22.5 Å². The number of aromatic nitrogens is 6. The quantitative estimate of drug-likeness (QED) is 0.426. The lowest BCUT2D eigenvalue weighted by Crippen LogP contribution is -2.03. The van der Waals surface area contributed by atoms with E-state index < -0.39 is 0 Å². The van der Waals surface area contributed by atoms with E-state index in [1.807, 2.05) is 30.3 Å². The van der Waals surface area contributed by atoms with Crippen LogP contribution in [0.5, 0.6) is 0 Å². The summed E-state index contributed by atoms with van der Waals surface area (Å²) < 4.78 is 0. The van der Waals surface area contributed by atoms with Crippen LogP contribution in [0.15, 0.2) is 72.9 Å². The number of nitrogens with one attached hydrogen (secondary N) is 2. The lowest BCUT2D eigenvalue weighted by molar-refractivity contribution is 0.881. The number of rotatable bonds is 6. The van der Waals surface area contributed by atoms with Gasteiger partial charge < -0.3 is 5.32 Å². The fraction of sp³-hybridized carbons (Fsp3) is 0.125. The number of benzene rings is 2. The molecule has 0 saturated heterocycles. The highest BCUT2D eigenvalue weighted by atomic mass is 15.5. The van der Waals surface area contributed by atoms with Gasteiger partial charge in [0, 0.05) is 24.0 Å². The van der Waals surface area contributed by atoms with Crippen LogP contribution in [0, 0.1) is 0 Å². The Kier molecular flexibility index (Phi) is 5.06. The van der Waals surface area contributed by atoms with Crippen molar-refractivity contribution >= 4 is 16.7 Å². The van der Waals surface area contributed by atoms with Crippen LogP contribution in [0.2, 0.25) is 0 Å². The number of fused-ring (bicyclic) bond motifs is 1. The van der Waals surface area contributed by atoms with Gasteiger partial charge in [0.1, 0.15) is 5.52 Å². The van der Waals surface area contributed by atoms with Gasteiger partial charge in [0.15, 0.2) is 5.82 Å². The number of nitrogens with zero attached hydrogens (tertiary/aromatic N) is 5. The van der Waals surface area contributed by atoms with Crippen LogP contribution >= 0.6 is 0 Å². The maximum absolute atomic E-state index is 4.66. The lowest BCUT2D eigenvalue weighted by atomic mass is 9.98. The van der Waals surface area contributed by atoms with Gasteiger partial charge in [0.25, 0.3) is 0 Å². The van der Waals surface area contributed by atoms with Crippen molar-refractivity contribution in [2.45, 2.75) is 19.9 Å². The Morgan fingerprint density at radius 3 is 2.55 bits per heavy atom. The van der Waals surface area contributed by atoms with Crippen molar-refractivity contribution in [2.75, 3.05) is 5.32 Å². The van der Waals surface area contributed by atoms with Crippen LogP contribution < -0.4 is 5.32 Å². The minimum absolute atomic E-state index is 0.658. The van der Waals surface area contributed by atoms with Crippen molar-refractivity contribution in [1.29, 1.82) is 0 Å². The average Bonchev–Trinajstić information content (AvgIpc) is 3.37. The van der Waals surface area contributed by atoms with Crippen molar-refractivity contribution < 1.29 is 0 Å². The van der Waals surface area contributed by atoms with Crippen LogP contribution in [0.1, 0.15) is 18.2 Å². The van der Waals surface area contributed by atoms with Gasteiger partial charge in [-0.25, -0.2) is 5.10 Å². The predicted octanol–water partition coefficient (Wildman–Crippen LogP) is 4.65. The van der Waals surface area contributed by atoms with E-state index in [0.29, 0.717) is 12.4 Å². The summed E-state index contributed by atoms with van der Waals surface area (Å²) in [6.07, 6.45) is 2.69. The van der Waals surface area contributed by atoms with Gasteiger partial charge in [-0.2, -0.15) is 0 Å². The van der Waals surface area contributed by atoms with Gasteiger partial charge >= 0.3 is 0 Å². The molecule has 5 rings (SSSR count). The van der Waals surface area contributed by atoms with Gasteiger partial charge in [-0.05, 0) is 51.7 Å². The molecule has 0 radical (unpaired) electrons. The Balaban J connectivity index is 1.39. The first-order valence-electron chi connectivity index (χ1n) is 10.2. The molecule has 152 valence electrons. The van der Waals surface area contributed by atoms with E-state index in [2.05, 4.69) is 79.2 Å². The van der Waals surface area contributed by atoms with E-state index in [1.54, 1.807) is 6.20 Å². The lowest BCUT2D eigenvalue weighted by Gasteiger charge is -2.12. The van der Waals surface area contributed by atoms with Crippen LogP contribution in [-0.2, 0) is 13.0 Å². The van der Waals surface area contributed by atoms with E-state index in [-0.39, 0.29) is 0 Å². The molecular weight excluding hydrogens is 386 g/mol. The van der Waals surface area contributed by atoms with Crippen molar-refractivity contribution in [1.82, 2.24) is 30.6 Å². The van der Waals surface area contributed by atoms with Crippen LogP contribution in [0.25, 0.3) is 33.5 Å². The molecule has 0 spiro atoms. The highest BCUT2D eigenvalue weighted by Crippen LogP contribution is 2.30. The van der Waals surface area contributed by atoms with Crippen LogP contribution in [-0.4, -0.2) is 30.6 Å². The summed E-state index contributed by atoms with van der Waals surface area (Å²) in [5.74, 6) is 0.658. The Bertz CT molecular complexity index is 1310. The number of aryl methyl sites for hydroxylation is 1. The van der Waals surface area contributed by atoms with Crippen LogP contribution in [0.4, 0.5) is 5.69 Å². The zero-order chi connectivity index (χ0) is 21.0. The summed E-state index contributed by atoms with van der Waals surface area (Å²) in [7, 11) is 0. The second kappa shape index (κ2) is 8.31. The topological polar surface area (TPSA) is 92.3 Å². The maximum atomic E-state index is 4.66. The fourth-order valence-corrected chi connectivity index (χ4v) is 3.65. The standard InChI is InChI=1S/C24H21N7/c1-2-18-14-22(23-21(27-18)8-5-13-25-23)26-15-16-9-11-17(12-10-16)19-6-3-4-7-20(19)24-28-30-31-29-24/h3-14H,2,15H2,1H3,(H,26,27)(H,28,29,30,31). The van der Waals surface area contributed by atoms with Gasteiger partial charge in [-0.1, -0.05) is 55.5 Å². The third-order valence-electron chi connectivity index (χ3n) is 5.25. The predicted molar refractivity (Wildman–Crippen MR) is 121 cm³/mol. The average molecular weight is 407 g/mol. The van der Waals surface area contributed by atoms with E-state index in [1.165, 1.54) is 5.56 Å². The molecule has 2 aromatic carbocycles. The molecule has 7 heteroatoms. The monoisotopic (exact) mass is 407 g/mol. The summed E-state index contributed by atoms with van der Waals surface area (Å²) in [4.78, 5) is 9.18. The van der Waals surface area contributed by atoms with E-state index >= 15 is 0 Å². The molecule has 0 fully saturated rings. The van der Waals surface area contributed by atoms with Gasteiger partial charge in [0.05, 0.1) is 11.2 Å². The number of anilines is 1.